The molecule has 0 aliphatic heterocycles. The first-order chi connectivity index (χ1) is 14.5. The summed E-state index contributed by atoms with van der Waals surface area (Å²) in [6.07, 6.45) is 3.81. The van der Waals surface area contributed by atoms with Crippen LogP contribution in [0.3, 0.4) is 0 Å². The molecule has 0 atom stereocenters. The minimum absolute atomic E-state index is 0.118. The molecule has 2 aromatic carbocycles. The lowest BCUT2D eigenvalue weighted by atomic mass is 10.0. The molecular weight excluding hydrogens is 423 g/mol. The molecule has 30 heavy (non-hydrogen) atoms. The number of benzene rings is 2. The molecule has 0 saturated carbocycles. The lowest BCUT2D eigenvalue weighted by Crippen LogP contribution is -2.26. The zero-order chi connectivity index (χ0) is 21.1. The van der Waals surface area contributed by atoms with Gasteiger partial charge in [0.15, 0.2) is 0 Å². The number of rotatable bonds is 6. The summed E-state index contributed by atoms with van der Waals surface area (Å²) in [6.45, 7) is 0.0731. The van der Waals surface area contributed by atoms with Crippen LogP contribution in [0.25, 0.3) is 21.2 Å². The molecule has 4 aromatic rings. The normalized spacial score (nSPS) is 11.0. The molecule has 0 saturated heterocycles. The van der Waals surface area contributed by atoms with Gasteiger partial charge in [-0.1, -0.05) is 29.8 Å². The van der Waals surface area contributed by atoms with Crippen LogP contribution in [-0.2, 0) is 6.42 Å². The zero-order valence-electron chi connectivity index (χ0n) is 15.9. The number of amides is 1. The summed E-state index contributed by atoms with van der Waals surface area (Å²) in [5, 5.41) is 13.0. The van der Waals surface area contributed by atoms with Gasteiger partial charge in [0.05, 0.1) is 12.2 Å². The van der Waals surface area contributed by atoms with Crippen molar-refractivity contribution in [2.24, 2.45) is 0 Å². The molecule has 0 aliphatic carbocycles. The summed E-state index contributed by atoms with van der Waals surface area (Å²) in [4.78, 5) is 17.5. The molecule has 0 aliphatic rings. The van der Waals surface area contributed by atoms with Crippen molar-refractivity contribution < 1.29 is 14.3 Å². The van der Waals surface area contributed by atoms with E-state index in [1.807, 2.05) is 18.2 Å². The fourth-order valence-corrected chi connectivity index (χ4v) is 4.80. The maximum atomic E-state index is 13.7. The second kappa shape index (κ2) is 8.92. The Balaban J connectivity index is 1.68. The van der Waals surface area contributed by atoms with Crippen molar-refractivity contribution in [3.05, 3.63) is 87.8 Å². The van der Waals surface area contributed by atoms with Gasteiger partial charge in [0.25, 0.3) is 5.91 Å². The Bertz CT molecular complexity index is 1200. The van der Waals surface area contributed by atoms with Crippen LogP contribution in [0.15, 0.2) is 60.9 Å². The summed E-state index contributed by atoms with van der Waals surface area (Å²) in [7, 11) is 0. The topological polar surface area (TPSA) is 62.2 Å². The van der Waals surface area contributed by atoms with Gasteiger partial charge in [0.1, 0.15) is 5.82 Å². The third kappa shape index (κ3) is 4.51. The van der Waals surface area contributed by atoms with Crippen LogP contribution in [0.5, 0.6) is 0 Å². The highest BCUT2D eigenvalue weighted by atomic mass is 35.5. The maximum Gasteiger partial charge on any atom is 0.252 e. The van der Waals surface area contributed by atoms with Crippen molar-refractivity contribution in [2.75, 3.05) is 13.2 Å². The van der Waals surface area contributed by atoms with E-state index in [4.69, 9.17) is 16.7 Å². The highest BCUT2D eigenvalue weighted by Crippen LogP contribution is 2.36. The number of hydrogen-bond acceptors (Lipinski definition) is 4. The van der Waals surface area contributed by atoms with E-state index < -0.39 is 0 Å². The molecular formula is C23H18ClFN2O2S. The SMILES string of the molecule is O=C(NCCO)c1cncc(-c2cccc3cc(Cc4cc(F)cc(Cl)c4)sc23)c1. The number of aliphatic hydroxyl groups excluding tert-OH is 1. The number of carbonyl (C=O) groups excluding carboxylic acids is 1. The molecule has 0 fully saturated rings. The van der Waals surface area contributed by atoms with Crippen molar-refractivity contribution in [1.82, 2.24) is 10.3 Å². The van der Waals surface area contributed by atoms with Crippen LogP contribution in [-0.4, -0.2) is 29.1 Å². The van der Waals surface area contributed by atoms with Gasteiger partial charge in [0, 0.05) is 51.1 Å². The predicted octanol–water partition coefficient (Wildman–Crippen LogP) is 5.07. The number of thiophene rings is 1. The van der Waals surface area contributed by atoms with Crippen LogP contribution < -0.4 is 5.32 Å². The standard InChI is InChI=1S/C23H18ClFN2O2S/c24-18-6-14(7-19(25)11-18)8-20-10-15-2-1-3-21(22(15)30-20)16-9-17(13-26-12-16)23(29)27-4-5-28/h1-3,6-7,9-13,28H,4-5,8H2,(H,27,29). The number of nitrogens with zero attached hydrogens (tertiary/aromatic N) is 1. The van der Waals surface area contributed by atoms with Crippen LogP contribution in [0, 0.1) is 5.82 Å². The van der Waals surface area contributed by atoms with E-state index in [1.54, 1.807) is 29.7 Å². The average Bonchev–Trinajstić information content (AvgIpc) is 3.13. The fourth-order valence-electron chi connectivity index (χ4n) is 3.33. The van der Waals surface area contributed by atoms with Gasteiger partial charge in [-0.25, -0.2) is 4.39 Å². The third-order valence-corrected chi connectivity index (χ3v) is 6.01. The minimum Gasteiger partial charge on any atom is -0.395 e. The van der Waals surface area contributed by atoms with Gasteiger partial charge in [-0.2, -0.15) is 0 Å². The maximum absolute atomic E-state index is 13.7. The van der Waals surface area contributed by atoms with E-state index in [0.29, 0.717) is 17.0 Å². The number of aliphatic hydroxyl groups is 1. The van der Waals surface area contributed by atoms with E-state index in [1.165, 1.54) is 18.3 Å². The summed E-state index contributed by atoms with van der Waals surface area (Å²) >= 11 is 7.61. The quantitative estimate of drug-likeness (QED) is 0.440. The largest absolute Gasteiger partial charge is 0.395 e. The zero-order valence-corrected chi connectivity index (χ0v) is 17.4. The first-order valence-corrected chi connectivity index (χ1v) is 10.5. The van der Waals surface area contributed by atoms with Crippen molar-refractivity contribution in [3.63, 3.8) is 0 Å². The first-order valence-electron chi connectivity index (χ1n) is 9.34. The Kier molecular flexibility index (Phi) is 6.08. The number of aromatic nitrogens is 1. The van der Waals surface area contributed by atoms with E-state index in [9.17, 15) is 9.18 Å². The number of pyridine rings is 1. The highest BCUT2D eigenvalue weighted by Gasteiger charge is 2.12. The van der Waals surface area contributed by atoms with E-state index in [2.05, 4.69) is 16.4 Å². The third-order valence-electron chi connectivity index (χ3n) is 4.60. The van der Waals surface area contributed by atoms with E-state index in [-0.39, 0.29) is 24.9 Å². The van der Waals surface area contributed by atoms with Gasteiger partial charge < -0.3 is 10.4 Å². The predicted molar refractivity (Wildman–Crippen MR) is 119 cm³/mol. The molecule has 152 valence electrons. The number of halogens is 2. The molecule has 1 amide bonds. The molecule has 4 rings (SSSR count). The van der Waals surface area contributed by atoms with Crippen molar-refractivity contribution in [3.8, 4) is 11.1 Å². The van der Waals surface area contributed by atoms with Crippen molar-refractivity contribution >= 4 is 38.9 Å². The lowest BCUT2D eigenvalue weighted by molar-refractivity contribution is 0.0944. The van der Waals surface area contributed by atoms with Crippen molar-refractivity contribution in [1.29, 1.82) is 0 Å². The van der Waals surface area contributed by atoms with Crippen LogP contribution in [0.2, 0.25) is 5.02 Å². The minimum atomic E-state index is -0.346. The van der Waals surface area contributed by atoms with Gasteiger partial charge in [-0.3, -0.25) is 9.78 Å². The van der Waals surface area contributed by atoms with Crippen LogP contribution in [0.1, 0.15) is 20.8 Å². The number of nitrogens with one attached hydrogen (secondary N) is 1. The average molecular weight is 441 g/mol. The number of hydrogen-bond donors (Lipinski definition) is 2. The number of fused-ring (bicyclic) bond motifs is 1. The monoisotopic (exact) mass is 440 g/mol. The van der Waals surface area contributed by atoms with Gasteiger partial charge in [-0.15, -0.1) is 11.3 Å². The number of carbonyl (C=O) groups is 1. The smallest absolute Gasteiger partial charge is 0.252 e. The Morgan fingerprint density at radius 1 is 1.17 bits per heavy atom. The van der Waals surface area contributed by atoms with E-state index >= 15 is 0 Å². The second-order valence-electron chi connectivity index (χ2n) is 6.83. The molecule has 0 bridgehead atoms. The van der Waals surface area contributed by atoms with Crippen LogP contribution >= 0.6 is 22.9 Å². The molecule has 0 radical (unpaired) electrons. The van der Waals surface area contributed by atoms with Gasteiger partial charge in [-0.05, 0) is 41.3 Å². The molecule has 4 nitrogen and oxygen atoms in total. The van der Waals surface area contributed by atoms with Gasteiger partial charge in [0.2, 0.25) is 0 Å². The lowest BCUT2D eigenvalue weighted by Gasteiger charge is -2.07. The summed E-state index contributed by atoms with van der Waals surface area (Å²) in [5.74, 6) is -0.623. The summed E-state index contributed by atoms with van der Waals surface area (Å²) < 4.78 is 14.7. The molecule has 2 N–H and O–H groups in total. The Labute approximate surface area is 182 Å². The van der Waals surface area contributed by atoms with Crippen molar-refractivity contribution in [2.45, 2.75) is 6.42 Å². The van der Waals surface area contributed by atoms with E-state index in [0.717, 1.165) is 31.7 Å². The Hall–Kier alpha value is -2.80. The molecule has 2 aromatic heterocycles. The fraction of sp³-hybridized carbons (Fsp3) is 0.130. The molecule has 0 spiro atoms. The van der Waals surface area contributed by atoms with Crippen LogP contribution in [0.4, 0.5) is 4.39 Å². The highest BCUT2D eigenvalue weighted by molar-refractivity contribution is 7.19. The molecule has 2 heterocycles. The van der Waals surface area contributed by atoms with Gasteiger partial charge >= 0.3 is 0 Å². The molecule has 0 unspecified atom stereocenters. The Morgan fingerprint density at radius 3 is 2.83 bits per heavy atom. The molecule has 7 heteroatoms. The summed E-state index contributed by atoms with van der Waals surface area (Å²) in [5.41, 5.74) is 3.06. The second-order valence-corrected chi connectivity index (χ2v) is 8.41. The Morgan fingerprint density at radius 2 is 2.03 bits per heavy atom. The first kappa shape index (κ1) is 20.5. The summed E-state index contributed by atoms with van der Waals surface area (Å²) in [6, 6.07) is 14.4.